The van der Waals surface area contributed by atoms with Crippen LogP contribution >= 0.6 is 0 Å². The Balaban J connectivity index is 3.16. The van der Waals surface area contributed by atoms with E-state index < -0.39 is 23.5 Å². The zero-order valence-corrected chi connectivity index (χ0v) is 8.08. The number of hydrogen-bond acceptors (Lipinski definition) is 2. The number of carboxylic acids is 1. The van der Waals surface area contributed by atoms with Crippen molar-refractivity contribution in [1.29, 1.82) is 0 Å². The molecule has 0 amide bonds. The predicted molar refractivity (Wildman–Crippen MR) is 50.6 cm³/mol. The van der Waals surface area contributed by atoms with Gasteiger partial charge in [0.1, 0.15) is 0 Å². The third-order valence-corrected chi connectivity index (χ3v) is 2.04. The van der Waals surface area contributed by atoms with Gasteiger partial charge in [-0.05, 0) is 18.6 Å². The third-order valence-electron chi connectivity index (χ3n) is 2.04. The van der Waals surface area contributed by atoms with Gasteiger partial charge < -0.3 is 10.8 Å². The van der Waals surface area contributed by atoms with Gasteiger partial charge in [-0.25, -0.2) is 4.79 Å². The van der Waals surface area contributed by atoms with E-state index in [-0.39, 0.29) is 0 Å². The average molecular weight is 215 g/mol. The van der Waals surface area contributed by atoms with Gasteiger partial charge in [0.2, 0.25) is 0 Å². The van der Waals surface area contributed by atoms with Crippen molar-refractivity contribution in [3.63, 3.8) is 0 Å². The minimum atomic E-state index is -3.87. The summed E-state index contributed by atoms with van der Waals surface area (Å²) in [5, 5.41) is 8.34. The van der Waals surface area contributed by atoms with Crippen LogP contribution in [0, 0.1) is 0 Å². The van der Waals surface area contributed by atoms with E-state index in [1.54, 1.807) is 13.0 Å². The van der Waals surface area contributed by atoms with Crippen LogP contribution in [0.4, 0.5) is 8.78 Å². The Morgan fingerprint density at radius 1 is 1.53 bits per heavy atom. The second kappa shape index (κ2) is 3.94. The highest BCUT2D eigenvalue weighted by Crippen LogP contribution is 2.29. The molecule has 0 aliphatic carbocycles. The van der Waals surface area contributed by atoms with Crippen LogP contribution in [-0.4, -0.2) is 11.1 Å². The van der Waals surface area contributed by atoms with Gasteiger partial charge in [0, 0.05) is 11.6 Å². The molecule has 82 valence electrons. The number of carboxylic acid groups (broad SMARTS) is 1. The number of carbonyl (C=O) groups is 1. The zero-order valence-electron chi connectivity index (χ0n) is 8.08. The van der Waals surface area contributed by atoms with Crippen LogP contribution in [0.25, 0.3) is 0 Å². The lowest BCUT2D eigenvalue weighted by Gasteiger charge is -2.13. The van der Waals surface area contributed by atoms with Crippen molar-refractivity contribution in [3.8, 4) is 0 Å². The Kier molecular flexibility index (Phi) is 3.04. The van der Waals surface area contributed by atoms with Crippen molar-refractivity contribution in [2.24, 2.45) is 5.73 Å². The van der Waals surface area contributed by atoms with Gasteiger partial charge in [-0.2, -0.15) is 8.78 Å². The maximum Gasteiger partial charge on any atom is 0.379 e. The molecule has 1 atom stereocenters. The normalized spacial score (nSPS) is 13.6. The Morgan fingerprint density at radius 3 is 2.60 bits per heavy atom. The SMILES string of the molecule is C[C@@H](N)c1cccc(C(F)(F)C(=O)O)c1. The molecule has 5 heteroatoms. The number of aliphatic carboxylic acids is 1. The molecule has 3 nitrogen and oxygen atoms in total. The van der Waals surface area contributed by atoms with Crippen molar-refractivity contribution >= 4 is 5.97 Å². The summed E-state index contributed by atoms with van der Waals surface area (Å²) in [5.74, 6) is -6.03. The second-order valence-corrected chi connectivity index (χ2v) is 3.29. The van der Waals surface area contributed by atoms with E-state index in [1.165, 1.54) is 6.07 Å². The van der Waals surface area contributed by atoms with E-state index in [1.807, 2.05) is 0 Å². The monoisotopic (exact) mass is 215 g/mol. The van der Waals surface area contributed by atoms with Crippen LogP contribution in [-0.2, 0) is 10.7 Å². The Hall–Kier alpha value is -1.49. The molecule has 0 bridgehead atoms. The van der Waals surface area contributed by atoms with Crippen LogP contribution in [0.5, 0.6) is 0 Å². The lowest BCUT2D eigenvalue weighted by atomic mass is 10.0. The number of alkyl halides is 2. The lowest BCUT2D eigenvalue weighted by molar-refractivity contribution is -0.166. The highest BCUT2D eigenvalue weighted by molar-refractivity contribution is 5.77. The quantitative estimate of drug-likeness (QED) is 0.809. The maximum atomic E-state index is 13.1. The summed E-state index contributed by atoms with van der Waals surface area (Å²) in [4.78, 5) is 10.3. The van der Waals surface area contributed by atoms with Gasteiger partial charge in [0.25, 0.3) is 0 Å². The number of rotatable bonds is 3. The Morgan fingerprint density at radius 2 is 2.13 bits per heavy atom. The van der Waals surface area contributed by atoms with Crippen LogP contribution in [0.2, 0.25) is 0 Å². The van der Waals surface area contributed by atoms with Gasteiger partial charge >= 0.3 is 11.9 Å². The molecule has 0 saturated carbocycles. The average Bonchev–Trinajstić information content (AvgIpc) is 2.17. The molecular formula is C10H11F2NO2. The van der Waals surface area contributed by atoms with E-state index >= 15 is 0 Å². The van der Waals surface area contributed by atoms with Crippen LogP contribution in [0.1, 0.15) is 24.1 Å². The van der Waals surface area contributed by atoms with E-state index in [0.29, 0.717) is 5.56 Å². The highest BCUT2D eigenvalue weighted by Gasteiger charge is 2.41. The molecule has 0 saturated heterocycles. The van der Waals surface area contributed by atoms with Gasteiger partial charge in [-0.15, -0.1) is 0 Å². The summed E-state index contributed by atoms with van der Waals surface area (Å²) in [6.45, 7) is 1.64. The summed E-state index contributed by atoms with van der Waals surface area (Å²) < 4.78 is 26.2. The predicted octanol–water partition coefficient (Wildman–Crippen LogP) is 1.88. The van der Waals surface area contributed by atoms with Crippen molar-refractivity contribution in [1.82, 2.24) is 0 Å². The van der Waals surface area contributed by atoms with E-state index in [9.17, 15) is 13.6 Å². The Labute approximate surface area is 85.5 Å². The van der Waals surface area contributed by atoms with Gasteiger partial charge in [0.05, 0.1) is 0 Å². The number of hydrogen-bond donors (Lipinski definition) is 2. The van der Waals surface area contributed by atoms with Crippen molar-refractivity contribution in [2.75, 3.05) is 0 Å². The second-order valence-electron chi connectivity index (χ2n) is 3.29. The first-order valence-electron chi connectivity index (χ1n) is 4.33. The first-order chi connectivity index (χ1) is 6.85. The highest BCUT2D eigenvalue weighted by atomic mass is 19.3. The number of halogens is 2. The molecule has 0 aliphatic rings. The molecule has 1 aromatic rings. The number of nitrogens with two attached hydrogens (primary N) is 1. The summed E-state index contributed by atoms with van der Waals surface area (Å²) in [6, 6.07) is 4.71. The Bertz CT molecular complexity index is 377. The molecule has 0 aliphatic heterocycles. The summed E-state index contributed by atoms with van der Waals surface area (Å²) in [7, 11) is 0. The molecule has 0 fully saturated rings. The molecule has 1 rings (SSSR count). The van der Waals surface area contributed by atoms with Gasteiger partial charge in [0.15, 0.2) is 0 Å². The molecule has 0 spiro atoms. The largest absolute Gasteiger partial charge is 0.477 e. The third kappa shape index (κ3) is 2.30. The van der Waals surface area contributed by atoms with Crippen LogP contribution in [0.15, 0.2) is 24.3 Å². The smallest absolute Gasteiger partial charge is 0.379 e. The lowest BCUT2D eigenvalue weighted by Crippen LogP contribution is -2.25. The molecule has 15 heavy (non-hydrogen) atoms. The molecule has 0 heterocycles. The molecule has 3 N–H and O–H groups in total. The van der Waals surface area contributed by atoms with Crippen LogP contribution < -0.4 is 5.73 Å². The van der Waals surface area contributed by atoms with Gasteiger partial charge in [-0.1, -0.05) is 18.2 Å². The maximum absolute atomic E-state index is 13.1. The molecular weight excluding hydrogens is 204 g/mol. The van der Waals surface area contributed by atoms with E-state index in [4.69, 9.17) is 10.8 Å². The summed E-state index contributed by atoms with van der Waals surface area (Å²) >= 11 is 0. The summed E-state index contributed by atoms with van der Waals surface area (Å²) in [6.07, 6.45) is 0. The fourth-order valence-electron chi connectivity index (χ4n) is 1.14. The minimum absolute atomic E-state index is 0.408. The van der Waals surface area contributed by atoms with Gasteiger partial charge in [-0.3, -0.25) is 0 Å². The fraction of sp³-hybridized carbons (Fsp3) is 0.300. The first-order valence-corrected chi connectivity index (χ1v) is 4.33. The molecule has 0 radical (unpaired) electrons. The standard InChI is InChI=1S/C10H11F2NO2/c1-6(13)7-3-2-4-8(5-7)10(11,12)9(14)15/h2-6H,13H2,1H3,(H,14,15)/t6-/m1/s1. The topological polar surface area (TPSA) is 63.3 Å². The fourth-order valence-corrected chi connectivity index (χ4v) is 1.14. The van der Waals surface area contributed by atoms with E-state index in [0.717, 1.165) is 12.1 Å². The van der Waals surface area contributed by atoms with Crippen molar-refractivity contribution < 1.29 is 18.7 Å². The minimum Gasteiger partial charge on any atom is -0.477 e. The summed E-state index contributed by atoms with van der Waals surface area (Å²) in [5.41, 5.74) is 5.44. The van der Waals surface area contributed by atoms with Crippen molar-refractivity contribution in [3.05, 3.63) is 35.4 Å². The van der Waals surface area contributed by atoms with Crippen molar-refractivity contribution in [2.45, 2.75) is 18.9 Å². The van der Waals surface area contributed by atoms with Crippen LogP contribution in [0.3, 0.4) is 0 Å². The first kappa shape index (κ1) is 11.6. The molecule has 0 unspecified atom stereocenters. The molecule has 1 aromatic carbocycles. The molecule has 0 aromatic heterocycles. The van der Waals surface area contributed by atoms with E-state index in [2.05, 4.69) is 0 Å². The number of benzene rings is 1. The zero-order chi connectivity index (χ0) is 11.6.